The molecule has 0 bridgehead atoms. The highest BCUT2D eigenvalue weighted by molar-refractivity contribution is 9.10. The molecule has 0 saturated carbocycles. The van der Waals surface area contributed by atoms with Gasteiger partial charge in [0.2, 0.25) is 0 Å². The number of aliphatic hydroxyl groups excluding tert-OH is 1. The van der Waals surface area contributed by atoms with E-state index in [9.17, 15) is 14.3 Å². The molecule has 2 heterocycles. The third-order valence-electron chi connectivity index (χ3n) is 5.82. The number of aliphatic hydroxyl groups is 1. The van der Waals surface area contributed by atoms with Gasteiger partial charge in [0.15, 0.2) is 0 Å². The van der Waals surface area contributed by atoms with Crippen LogP contribution < -0.4 is 0 Å². The van der Waals surface area contributed by atoms with Crippen LogP contribution in [0.4, 0.5) is 4.39 Å². The minimum Gasteiger partial charge on any atom is -0.387 e. The Kier molecular flexibility index (Phi) is 7.32. The van der Waals surface area contributed by atoms with E-state index in [0.29, 0.717) is 19.0 Å². The maximum atomic E-state index is 13.0. The number of nitrogens with zero attached hydrogens (tertiary/aromatic N) is 2. The second-order valence-electron chi connectivity index (χ2n) is 7.80. The predicted octanol–water partition coefficient (Wildman–Crippen LogP) is 4.41. The first-order chi connectivity index (χ1) is 13.5. The van der Waals surface area contributed by atoms with Crippen LogP contribution in [0.1, 0.15) is 40.4 Å². The predicted molar refractivity (Wildman–Crippen MR) is 117 cm³/mol. The van der Waals surface area contributed by atoms with Crippen LogP contribution in [0.5, 0.6) is 0 Å². The Morgan fingerprint density at radius 1 is 1.14 bits per heavy atom. The van der Waals surface area contributed by atoms with Crippen LogP contribution in [0.2, 0.25) is 0 Å². The fourth-order valence-electron chi connectivity index (χ4n) is 4.20. The smallest absolute Gasteiger partial charge is 0.254 e. The topological polar surface area (TPSA) is 43.8 Å². The molecule has 2 aromatic carbocycles. The van der Waals surface area contributed by atoms with Crippen molar-refractivity contribution in [3.8, 4) is 0 Å². The van der Waals surface area contributed by atoms with Crippen LogP contribution in [0.15, 0.2) is 46.9 Å². The van der Waals surface area contributed by atoms with Gasteiger partial charge in [-0.1, -0.05) is 28.1 Å². The first kappa shape index (κ1) is 22.2. The third kappa shape index (κ3) is 5.18. The fourth-order valence-corrected chi connectivity index (χ4v) is 4.60. The number of carbonyl (C=O) groups excluding carboxylic acids is 1. The lowest BCUT2D eigenvalue weighted by Gasteiger charge is -2.34. The molecule has 0 aliphatic carbocycles. The van der Waals surface area contributed by atoms with Gasteiger partial charge in [-0.25, -0.2) is 4.39 Å². The molecule has 1 amide bonds. The van der Waals surface area contributed by atoms with Crippen molar-refractivity contribution in [3.63, 3.8) is 0 Å². The van der Waals surface area contributed by atoms with Gasteiger partial charge in [-0.15, -0.1) is 12.4 Å². The SMILES string of the molecule is Cl.O=C1c2ccc(Br)cc2CN1CC1CCN(CC(O)c2ccc(F)cc2)CC1. The van der Waals surface area contributed by atoms with Crippen LogP contribution in [0, 0.1) is 11.7 Å². The van der Waals surface area contributed by atoms with Gasteiger partial charge in [0.1, 0.15) is 5.82 Å². The monoisotopic (exact) mass is 482 g/mol. The number of benzene rings is 2. The molecule has 1 saturated heterocycles. The van der Waals surface area contributed by atoms with E-state index in [0.717, 1.165) is 53.6 Å². The van der Waals surface area contributed by atoms with Crippen molar-refractivity contribution in [3.05, 3.63) is 69.4 Å². The second-order valence-corrected chi connectivity index (χ2v) is 8.71. The van der Waals surface area contributed by atoms with Gasteiger partial charge in [-0.2, -0.15) is 0 Å². The number of hydrogen-bond donors (Lipinski definition) is 1. The zero-order valence-corrected chi connectivity index (χ0v) is 18.5. The molecule has 1 unspecified atom stereocenters. The third-order valence-corrected chi connectivity index (χ3v) is 6.31. The van der Waals surface area contributed by atoms with Crippen LogP contribution in [-0.4, -0.2) is 47.0 Å². The molecule has 7 heteroatoms. The molecule has 156 valence electrons. The summed E-state index contributed by atoms with van der Waals surface area (Å²) in [6, 6.07) is 11.9. The Morgan fingerprint density at radius 3 is 2.52 bits per heavy atom. The first-order valence-electron chi connectivity index (χ1n) is 9.73. The minimum atomic E-state index is -0.606. The number of β-amino-alcohol motifs (C(OH)–C–C–N with tert-alkyl or cyclic N) is 1. The Balaban J connectivity index is 0.00000240. The summed E-state index contributed by atoms with van der Waals surface area (Å²) in [5, 5.41) is 10.4. The number of halogens is 3. The van der Waals surface area contributed by atoms with E-state index >= 15 is 0 Å². The molecule has 0 aromatic heterocycles. The second kappa shape index (κ2) is 9.56. The van der Waals surface area contributed by atoms with E-state index in [1.807, 2.05) is 23.1 Å². The van der Waals surface area contributed by atoms with Gasteiger partial charge in [0.25, 0.3) is 5.91 Å². The van der Waals surface area contributed by atoms with Crippen LogP contribution >= 0.6 is 28.3 Å². The van der Waals surface area contributed by atoms with Crippen molar-refractivity contribution in [2.45, 2.75) is 25.5 Å². The number of fused-ring (bicyclic) bond motifs is 1. The summed E-state index contributed by atoms with van der Waals surface area (Å²) < 4.78 is 14.0. The molecule has 2 aliphatic rings. The quantitative estimate of drug-likeness (QED) is 0.685. The molecule has 4 rings (SSSR count). The maximum Gasteiger partial charge on any atom is 0.254 e. The Morgan fingerprint density at radius 2 is 1.83 bits per heavy atom. The van der Waals surface area contributed by atoms with Gasteiger partial charge in [0.05, 0.1) is 6.10 Å². The normalized spacial score (nSPS) is 18.4. The average Bonchev–Trinajstić information content (AvgIpc) is 2.98. The summed E-state index contributed by atoms with van der Waals surface area (Å²) in [7, 11) is 0. The molecule has 1 fully saturated rings. The van der Waals surface area contributed by atoms with Gasteiger partial charge in [-0.05, 0) is 73.3 Å². The summed E-state index contributed by atoms with van der Waals surface area (Å²) >= 11 is 3.48. The average molecular weight is 484 g/mol. The number of likely N-dealkylation sites (tertiary alicyclic amines) is 1. The summed E-state index contributed by atoms with van der Waals surface area (Å²) in [4.78, 5) is 16.8. The van der Waals surface area contributed by atoms with Gasteiger partial charge >= 0.3 is 0 Å². The zero-order chi connectivity index (χ0) is 19.7. The van der Waals surface area contributed by atoms with Crippen molar-refractivity contribution in [1.29, 1.82) is 0 Å². The highest BCUT2D eigenvalue weighted by atomic mass is 79.9. The molecule has 1 atom stereocenters. The first-order valence-corrected chi connectivity index (χ1v) is 10.5. The summed E-state index contributed by atoms with van der Waals surface area (Å²) in [5.74, 6) is 0.334. The highest BCUT2D eigenvalue weighted by Crippen LogP contribution is 2.29. The van der Waals surface area contributed by atoms with Crippen molar-refractivity contribution >= 4 is 34.2 Å². The largest absolute Gasteiger partial charge is 0.387 e. The van der Waals surface area contributed by atoms with Crippen LogP contribution in [0.3, 0.4) is 0 Å². The highest BCUT2D eigenvalue weighted by Gasteiger charge is 2.30. The van der Waals surface area contributed by atoms with Crippen molar-refractivity contribution < 1.29 is 14.3 Å². The Bertz CT molecular complexity index is 856. The molecule has 1 N–H and O–H groups in total. The molecule has 0 radical (unpaired) electrons. The maximum absolute atomic E-state index is 13.0. The number of hydrogen-bond acceptors (Lipinski definition) is 3. The van der Waals surface area contributed by atoms with E-state index in [-0.39, 0.29) is 24.1 Å². The molecule has 2 aliphatic heterocycles. The molecule has 4 nitrogen and oxygen atoms in total. The van der Waals surface area contributed by atoms with E-state index in [2.05, 4.69) is 20.8 Å². The number of piperidine rings is 1. The van der Waals surface area contributed by atoms with Crippen LogP contribution in [0.25, 0.3) is 0 Å². The molecular weight excluding hydrogens is 459 g/mol. The number of carbonyl (C=O) groups is 1. The van der Waals surface area contributed by atoms with Gasteiger partial charge < -0.3 is 14.9 Å². The molecule has 2 aromatic rings. The lowest BCUT2D eigenvalue weighted by atomic mass is 9.95. The Labute approximate surface area is 185 Å². The number of amides is 1. The van der Waals surface area contributed by atoms with Crippen LogP contribution in [-0.2, 0) is 6.54 Å². The summed E-state index contributed by atoms with van der Waals surface area (Å²) in [5.41, 5.74) is 2.66. The van der Waals surface area contributed by atoms with E-state index < -0.39 is 6.10 Å². The molecule has 29 heavy (non-hydrogen) atoms. The fraction of sp³-hybridized carbons (Fsp3) is 0.409. The lowest BCUT2D eigenvalue weighted by Crippen LogP contribution is -2.40. The lowest BCUT2D eigenvalue weighted by molar-refractivity contribution is 0.0654. The van der Waals surface area contributed by atoms with E-state index in [1.165, 1.54) is 12.1 Å². The van der Waals surface area contributed by atoms with E-state index in [1.54, 1.807) is 12.1 Å². The molecule has 0 spiro atoms. The van der Waals surface area contributed by atoms with Gasteiger partial charge in [-0.3, -0.25) is 4.79 Å². The number of rotatable bonds is 5. The standard InChI is InChI=1S/C22H24BrFN2O2.ClH/c23-18-3-6-20-17(11-18)13-26(22(20)28)12-15-7-9-25(10-8-15)14-21(27)16-1-4-19(24)5-2-16;/h1-6,11,15,21,27H,7-10,12-14H2;1H. The van der Waals surface area contributed by atoms with Gasteiger partial charge in [0, 0.05) is 29.7 Å². The van der Waals surface area contributed by atoms with Crippen molar-refractivity contribution in [1.82, 2.24) is 9.80 Å². The minimum absolute atomic E-state index is 0. The summed E-state index contributed by atoms with van der Waals surface area (Å²) in [6.07, 6.45) is 1.42. The zero-order valence-electron chi connectivity index (χ0n) is 16.1. The van der Waals surface area contributed by atoms with Crippen molar-refractivity contribution in [2.75, 3.05) is 26.2 Å². The van der Waals surface area contributed by atoms with E-state index in [4.69, 9.17) is 0 Å². The summed E-state index contributed by atoms with van der Waals surface area (Å²) in [6.45, 7) is 3.85. The van der Waals surface area contributed by atoms with Crippen molar-refractivity contribution in [2.24, 2.45) is 5.92 Å². The molecular formula is C22H25BrClFN2O2. The Hall–Kier alpha value is -1.47.